The molecule has 1 aromatic heterocycles. The van der Waals surface area contributed by atoms with Gasteiger partial charge in [0, 0.05) is 10.0 Å². The standard InChI is InChI=1S/C14H13Br2ClN2O/c1-7(2)5-11-12(16)14(20)19-13(18-11)8-3-4-9(15)10(17)6-8/h3-4,6-7H,5H2,1-2H3,(H,18,19,20). The molecule has 0 fully saturated rings. The van der Waals surface area contributed by atoms with E-state index >= 15 is 0 Å². The van der Waals surface area contributed by atoms with Crippen molar-refractivity contribution in [2.24, 2.45) is 5.92 Å². The summed E-state index contributed by atoms with van der Waals surface area (Å²) in [6.07, 6.45) is 0.738. The Morgan fingerprint density at radius 1 is 1.35 bits per heavy atom. The molecule has 0 radical (unpaired) electrons. The van der Waals surface area contributed by atoms with Crippen molar-refractivity contribution in [3.05, 3.63) is 48.2 Å². The van der Waals surface area contributed by atoms with Crippen LogP contribution < -0.4 is 5.56 Å². The van der Waals surface area contributed by atoms with Gasteiger partial charge in [0.05, 0.1) is 10.7 Å². The normalized spacial score (nSPS) is 11.1. The number of H-pyrrole nitrogens is 1. The first-order valence-electron chi connectivity index (χ1n) is 6.12. The molecule has 106 valence electrons. The first kappa shape index (κ1) is 15.7. The van der Waals surface area contributed by atoms with Crippen LogP contribution in [0.15, 0.2) is 31.9 Å². The fourth-order valence-electron chi connectivity index (χ4n) is 1.81. The molecule has 2 aromatic rings. The smallest absolute Gasteiger partial charge is 0.265 e. The number of hydrogen-bond donors (Lipinski definition) is 1. The van der Waals surface area contributed by atoms with E-state index in [1.165, 1.54) is 0 Å². The minimum atomic E-state index is -0.176. The second-order valence-corrected chi connectivity index (χ2v) is 6.96. The molecule has 1 aromatic carbocycles. The number of hydrogen-bond acceptors (Lipinski definition) is 2. The number of aromatic nitrogens is 2. The summed E-state index contributed by atoms with van der Waals surface area (Å²) in [6.45, 7) is 4.18. The van der Waals surface area contributed by atoms with Gasteiger partial charge in [0.15, 0.2) is 0 Å². The Labute approximate surface area is 139 Å². The van der Waals surface area contributed by atoms with Gasteiger partial charge in [-0.3, -0.25) is 4.79 Å². The van der Waals surface area contributed by atoms with Crippen molar-refractivity contribution in [1.82, 2.24) is 9.97 Å². The summed E-state index contributed by atoms with van der Waals surface area (Å²) < 4.78 is 1.31. The number of halogens is 3. The fourth-order valence-corrected chi connectivity index (χ4v) is 2.58. The molecule has 0 saturated heterocycles. The molecule has 0 saturated carbocycles. The van der Waals surface area contributed by atoms with Gasteiger partial charge in [-0.05, 0) is 56.3 Å². The number of rotatable bonds is 3. The summed E-state index contributed by atoms with van der Waals surface area (Å²) in [5, 5.41) is 0.582. The Kier molecular flexibility index (Phi) is 5.04. The molecule has 2 rings (SSSR count). The first-order valence-corrected chi connectivity index (χ1v) is 8.09. The zero-order chi connectivity index (χ0) is 14.9. The lowest BCUT2D eigenvalue weighted by Gasteiger charge is -2.09. The number of benzene rings is 1. The lowest BCUT2D eigenvalue weighted by Crippen LogP contribution is -2.15. The molecule has 6 heteroatoms. The van der Waals surface area contributed by atoms with Gasteiger partial charge >= 0.3 is 0 Å². The quantitative estimate of drug-likeness (QED) is 0.774. The van der Waals surface area contributed by atoms with Gasteiger partial charge in [-0.25, -0.2) is 4.98 Å². The van der Waals surface area contributed by atoms with Crippen LogP contribution in [0.25, 0.3) is 11.4 Å². The van der Waals surface area contributed by atoms with Crippen LogP contribution in [0, 0.1) is 5.92 Å². The maximum Gasteiger partial charge on any atom is 0.265 e. The SMILES string of the molecule is CC(C)Cc1nc(-c2ccc(Br)c(Cl)c2)[nH]c(=O)c1Br. The van der Waals surface area contributed by atoms with Crippen molar-refractivity contribution >= 4 is 43.5 Å². The minimum absolute atomic E-state index is 0.176. The second-order valence-electron chi connectivity index (χ2n) is 4.90. The predicted octanol–water partition coefficient (Wildman–Crippen LogP) is 4.81. The Bertz CT molecular complexity index is 698. The summed E-state index contributed by atoms with van der Waals surface area (Å²) in [4.78, 5) is 19.3. The molecule has 0 aliphatic rings. The highest BCUT2D eigenvalue weighted by Gasteiger charge is 2.12. The van der Waals surface area contributed by atoms with Crippen molar-refractivity contribution in [1.29, 1.82) is 0 Å². The summed E-state index contributed by atoms with van der Waals surface area (Å²) in [5.41, 5.74) is 1.37. The van der Waals surface area contributed by atoms with Gasteiger partial charge in [0.2, 0.25) is 0 Å². The molecule has 0 bridgehead atoms. The Hall–Kier alpha value is -0.650. The van der Waals surface area contributed by atoms with Crippen LogP contribution >= 0.6 is 43.5 Å². The van der Waals surface area contributed by atoms with Gasteiger partial charge < -0.3 is 4.98 Å². The Morgan fingerprint density at radius 3 is 2.65 bits per heavy atom. The number of aromatic amines is 1. The monoisotopic (exact) mass is 418 g/mol. The molecule has 3 nitrogen and oxygen atoms in total. The van der Waals surface area contributed by atoms with Crippen molar-refractivity contribution in [2.45, 2.75) is 20.3 Å². The first-order chi connectivity index (χ1) is 9.38. The predicted molar refractivity (Wildman–Crippen MR) is 89.2 cm³/mol. The second kappa shape index (κ2) is 6.41. The van der Waals surface area contributed by atoms with E-state index in [1.54, 1.807) is 6.07 Å². The van der Waals surface area contributed by atoms with Gasteiger partial charge in [-0.15, -0.1) is 0 Å². The lowest BCUT2D eigenvalue weighted by molar-refractivity contribution is 0.631. The van der Waals surface area contributed by atoms with E-state index in [-0.39, 0.29) is 5.56 Å². The Balaban J connectivity index is 2.54. The van der Waals surface area contributed by atoms with E-state index in [9.17, 15) is 4.79 Å². The molecule has 0 amide bonds. The van der Waals surface area contributed by atoms with Crippen LogP contribution in [-0.2, 0) is 6.42 Å². The third kappa shape index (κ3) is 3.51. The van der Waals surface area contributed by atoms with Crippen molar-refractivity contribution < 1.29 is 0 Å². The zero-order valence-corrected chi connectivity index (χ0v) is 14.9. The molecule has 20 heavy (non-hydrogen) atoms. The minimum Gasteiger partial charge on any atom is -0.306 e. The summed E-state index contributed by atoms with van der Waals surface area (Å²) in [7, 11) is 0. The molecular formula is C14H13Br2ClN2O. The third-order valence-corrected chi connectivity index (χ3v) is 4.78. The highest BCUT2D eigenvalue weighted by molar-refractivity contribution is 9.10. The average molecular weight is 421 g/mol. The van der Waals surface area contributed by atoms with E-state index in [1.807, 2.05) is 12.1 Å². The van der Waals surface area contributed by atoms with Crippen LogP contribution in [0.4, 0.5) is 0 Å². The van der Waals surface area contributed by atoms with Gasteiger partial charge in [0.1, 0.15) is 10.3 Å². The molecule has 0 aliphatic heterocycles. The van der Waals surface area contributed by atoms with Crippen LogP contribution in [0.1, 0.15) is 19.5 Å². The fraction of sp³-hybridized carbons (Fsp3) is 0.286. The zero-order valence-electron chi connectivity index (χ0n) is 11.0. The van der Waals surface area contributed by atoms with Crippen molar-refractivity contribution in [3.63, 3.8) is 0 Å². The van der Waals surface area contributed by atoms with Crippen molar-refractivity contribution in [3.8, 4) is 11.4 Å². The number of nitrogens with zero attached hydrogens (tertiary/aromatic N) is 1. The van der Waals surface area contributed by atoms with E-state index < -0.39 is 0 Å². The van der Waals surface area contributed by atoms with Gasteiger partial charge in [0.25, 0.3) is 5.56 Å². The van der Waals surface area contributed by atoms with Crippen LogP contribution in [0.2, 0.25) is 5.02 Å². The highest BCUT2D eigenvalue weighted by atomic mass is 79.9. The Morgan fingerprint density at radius 2 is 2.05 bits per heavy atom. The molecule has 0 unspecified atom stereocenters. The maximum atomic E-state index is 12.0. The van der Waals surface area contributed by atoms with E-state index in [0.717, 1.165) is 22.2 Å². The van der Waals surface area contributed by atoms with Crippen LogP contribution in [0.3, 0.4) is 0 Å². The molecule has 1 heterocycles. The van der Waals surface area contributed by atoms with E-state index in [4.69, 9.17) is 11.6 Å². The highest BCUT2D eigenvalue weighted by Crippen LogP contribution is 2.27. The molecule has 0 spiro atoms. The largest absolute Gasteiger partial charge is 0.306 e. The summed E-state index contributed by atoms with van der Waals surface area (Å²) >= 11 is 12.7. The topological polar surface area (TPSA) is 45.8 Å². The third-order valence-electron chi connectivity index (χ3n) is 2.73. The summed E-state index contributed by atoms with van der Waals surface area (Å²) in [5.74, 6) is 0.949. The van der Waals surface area contributed by atoms with Crippen LogP contribution in [0.5, 0.6) is 0 Å². The van der Waals surface area contributed by atoms with Crippen molar-refractivity contribution in [2.75, 3.05) is 0 Å². The van der Waals surface area contributed by atoms with Crippen LogP contribution in [-0.4, -0.2) is 9.97 Å². The number of nitrogens with one attached hydrogen (secondary N) is 1. The summed E-state index contributed by atoms with van der Waals surface area (Å²) in [6, 6.07) is 5.47. The molecule has 0 aliphatic carbocycles. The molecular weight excluding hydrogens is 407 g/mol. The lowest BCUT2D eigenvalue weighted by atomic mass is 10.1. The molecule has 0 atom stereocenters. The molecule has 1 N–H and O–H groups in total. The van der Waals surface area contributed by atoms with Gasteiger partial charge in [-0.1, -0.05) is 31.5 Å². The average Bonchev–Trinajstić information content (AvgIpc) is 2.37. The van der Waals surface area contributed by atoms with E-state index in [2.05, 4.69) is 55.7 Å². The maximum absolute atomic E-state index is 12.0. The van der Waals surface area contributed by atoms with E-state index in [0.29, 0.717) is 21.2 Å². The van der Waals surface area contributed by atoms with Gasteiger partial charge in [-0.2, -0.15) is 0 Å².